The summed E-state index contributed by atoms with van der Waals surface area (Å²) in [5.41, 5.74) is 7.31. The molecular weight excluding hydrogens is 192 g/mol. The van der Waals surface area contributed by atoms with E-state index in [1.165, 1.54) is 0 Å². The largest absolute Gasteiger partial charge is 0.508 e. The number of hydrogen-bond donors (Lipinski definition) is 2. The molecule has 74 valence electrons. The standard InChI is InChI=1S/C10H8N4O/c11-10-13-5-9-12-4-6-3-7(15)1-2-8(6)14(9)10/h1-5,15H,(H2,11,13). The van der Waals surface area contributed by atoms with E-state index in [1.54, 1.807) is 35.0 Å². The fraction of sp³-hybridized carbons (Fsp3) is 0. The molecule has 5 nitrogen and oxygen atoms in total. The van der Waals surface area contributed by atoms with Crippen LogP contribution >= 0.6 is 0 Å². The van der Waals surface area contributed by atoms with Crippen LogP contribution in [0.25, 0.3) is 16.6 Å². The summed E-state index contributed by atoms with van der Waals surface area (Å²) >= 11 is 0. The lowest BCUT2D eigenvalue weighted by atomic mass is 10.2. The molecule has 0 spiro atoms. The van der Waals surface area contributed by atoms with E-state index in [-0.39, 0.29) is 5.75 Å². The number of nitrogens with two attached hydrogens (primary N) is 1. The molecule has 0 bridgehead atoms. The molecule has 15 heavy (non-hydrogen) atoms. The number of fused-ring (bicyclic) bond motifs is 3. The molecule has 0 fully saturated rings. The first-order valence-corrected chi connectivity index (χ1v) is 4.46. The van der Waals surface area contributed by atoms with Crippen LogP contribution < -0.4 is 5.73 Å². The summed E-state index contributed by atoms with van der Waals surface area (Å²) in [6.07, 6.45) is 3.30. The molecule has 5 heteroatoms. The number of nitrogen functional groups attached to an aromatic ring is 1. The minimum absolute atomic E-state index is 0.210. The molecule has 3 rings (SSSR count). The molecular formula is C10H8N4O. The topological polar surface area (TPSA) is 76.4 Å². The molecule has 0 radical (unpaired) electrons. The lowest BCUT2D eigenvalue weighted by molar-refractivity contribution is 0.476. The van der Waals surface area contributed by atoms with Gasteiger partial charge >= 0.3 is 0 Å². The van der Waals surface area contributed by atoms with E-state index in [0.29, 0.717) is 11.6 Å². The summed E-state index contributed by atoms with van der Waals surface area (Å²) in [4.78, 5) is 8.16. The Balaban J connectivity index is 2.58. The van der Waals surface area contributed by atoms with Gasteiger partial charge < -0.3 is 10.8 Å². The van der Waals surface area contributed by atoms with Crippen LogP contribution in [-0.4, -0.2) is 19.5 Å². The van der Waals surface area contributed by atoms with Gasteiger partial charge in [0.1, 0.15) is 5.75 Å². The molecule has 2 aromatic heterocycles. The average Bonchev–Trinajstić information content (AvgIpc) is 2.60. The van der Waals surface area contributed by atoms with Gasteiger partial charge in [0, 0.05) is 11.6 Å². The Kier molecular flexibility index (Phi) is 1.39. The first-order chi connectivity index (χ1) is 7.25. The highest BCUT2D eigenvalue weighted by atomic mass is 16.3. The number of phenolic OH excluding ortho intramolecular Hbond substituents is 1. The highest BCUT2D eigenvalue weighted by Gasteiger charge is 2.05. The molecule has 0 saturated heterocycles. The number of imidazole rings is 1. The summed E-state index contributed by atoms with van der Waals surface area (Å²) in [6.45, 7) is 0. The van der Waals surface area contributed by atoms with Crippen molar-refractivity contribution >= 4 is 22.5 Å². The van der Waals surface area contributed by atoms with Crippen molar-refractivity contribution in [2.45, 2.75) is 0 Å². The Morgan fingerprint density at radius 2 is 2.07 bits per heavy atom. The summed E-state index contributed by atoms with van der Waals surface area (Å²) in [7, 11) is 0. The highest BCUT2D eigenvalue weighted by molar-refractivity contribution is 5.83. The van der Waals surface area contributed by atoms with Crippen LogP contribution in [0.4, 0.5) is 5.95 Å². The summed E-state index contributed by atoms with van der Waals surface area (Å²) in [5.74, 6) is 0.608. The molecule has 0 aliphatic rings. The van der Waals surface area contributed by atoms with Gasteiger partial charge in [0.05, 0.1) is 11.7 Å². The average molecular weight is 200 g/mol. The van der Waals surface area contributed by atoms with Crippen molar-refractivity contribution < 1.29 is 5.11 Å². The van der Waals surface area contributed by atoms with Crippen molar-refractivity contribution in [1.82, 2.24) is 14.4 Å². The van der Waals surface area contributed by atoms with Crippen LogP contribution in [0.3, 0.4) is 0 Å². The maximum absolute atomic E-state index is 9.34. The molecule has 0 unspecified atom stereocenters. The Morgan fingerprint density at radius 3 is 2.93 bits per heavy atom. The minimum atomic E-state index is 0.210. The number of anilines is 1. The third-order valence-electron chi connectivity index (χ3n) is 2.36. The SMILES string of the molecule is Nc1ncc2ncc3cc(O)ccc3n12. The first-order valence-electron chi connectivity index (χ1n) is 4.46. The molecule has 0 amide bonds. The first kappa shape index (κ1) is 8.05. The van der Waals surface area contributed by atoms with E-state index in [1.807, 2.05) is 0 Å². The number of nitrogens with zero attached hydrogens (tertiary/aromatic N) is 3. The third kappa shape index (κ3) is 1.03. The van der Waals surface area contributed by atoms with E-state index in [9.17, 15) is 5.11 Å². The zero-order valence-corrected chi connectivity index (χ0v) is 7.75. The number of benzene rings is 1. The van der Waals surface area contributed by atoms with Crippen LogP contribution in [0.15, 0.2) is 30.6 Å². The number of phenols is 1. The Hall–Kier alpha value is -2.30. The molecule has 0 atom stereocenters. The van der Waals surface area contributed by atoms with Gasteiger partial charge in [-0.05, 0) is 18.2 Å². The molecule has 2 heterocycles. The third-order valence-corrected chi connectivity index (χ3v) is 2.36. The van der Waals surface area contributed by atoms with E-state index >= 15 is 0 Å². The van der Waals surface area contributed by atoms with Crippen LogP contribution in [0.5, 0.6) is 5.75 Å². The minimum Gasteiger partial charge on any atom is -0.508 e. The fourth-order valence-electron chi connectivity index (χ4n) is 1.68. The second kappa shape index (κ2) is 2.60. The maximum Gasteiger partial charge on any atom is 0.206 e. The van der Waals surface area contributed by atoms with Gasteiger partial charge in [-0.15, -0.1) is 0 Å². The fourth-order valence-corrected chi connectivity index (χ4v) is 1.68. The lowest BCUT2D eigenvalue weighted by Gasteiger charge is -2.02. The van der Waals surface area contributed by atoms with Gasteiger partial charge in [-0.25, -0.2) is 9.97 Å². The Labute approximate surface area is 84.8 Å². The van der Waals surface area contributed by atoms with Gasteiger partial charge in [0.2, 0.25) is 5.95 Å². The number of aromatic nitrogens is 3. The normalized spacial score (nSPS) is 11.2. The van der Waals surface area contributed by atoms with Crippen molar-refractivity contribution in [2.24, 2.45) is 0 Å². The Bertz CT molecular complexity index is 659. The highest BCUT2D eigenvalue weighted by Crippen LogP contribution is 2.21. The monoisotopic (exact) mass is 200 g/mol. The summed E-state index contributed by atoms with van der Waals surface area (Å²) in [5, 5.41) is 10.2. The number of rotatable bonds is 0. The Morgan fingerprint density at radius 1 is 1.20 bits per heavy atom. The molecule has 1 aromatic carbocycles. The van der Waals surface area contributed by atoms with Crippen LogP contribution in [0.2, 0.25) is 0 Å². The molecule has 3 aromatic rings. The molecule has 0 saturated carbocycles. The van der Waals surface area contributed by atoms with Gasteiger partial charge in [0.15, 0.2) is 5.65 Å². The van der Waals surface area contributed by atoms with E-state index in [0.717, 1.165) is 10.9 Å². The lowest BCUT2D eigenvalue weighted by Crippen LogP contribution is -1.96. The second-order valence-electron chi connectivity index (χ2n) is 3.31. The molecule has 0 aliphatic carbocycles. The molecule has 3 N–H and O–H groups in total. The van der Waals surface area contributed by atoms with Crippen molar-refractivity contribution in [1.29, 1.82) is 0 Å². The van der Waals surface area contributed by atoms with Crippen molar-refractivity contribution in [3.8, 4) is 5.75 Å². The quantitative estimate of drug-likeness (QED) is 0.571. The summed E-state index contributed by atoms with van der Waals surface area (Å²) < 4.78 is 1.74. The number of hydrogen-bond acceptors (Lipinski definition) is 4. The number of aromatic hydroxyl groups is 1. The molecule has 0 aliphatic heterocycles. The van der Waals surface area contributed by atoms with Crippen LogP contribution in [0.1, 0.15) is 0 Å². The van der Waals surface area contributed by atoms with E-state index in [2.05, 4.69) is 9.97 Å². The van der Waals surface area contributed by atoms with Crippen molar-refractivity contribution in [3.05, 3.63) is 30.6 Å². The predicted molar refractivity (Wildman–Crippen MR) is 56.6 cm³/mol. The van der Waals surface area contributed by atoms with Gasteiger partial charge in [0.25, 0.3) is 0 Å². The van der Waals surface area contributed by atoms with Gasteiger partial charge in [-0.3, -0.25) is 4.40 Å². The second-order valence-corrected chi connectivity index (χ2v) is 3.31. The van der Waals surface area contributed by atoms with E-state index in [4.69, 9.17) is 5.73 Å². The van der Waals surface area contributed by atoms with Crippen molar-refractivity contribution in [3.63, 3.8) is 0 Å². The predicted octanol–water partition coefficient (Wildman–Crippen LogP) is 1.17. The van der Waals surface area contributed by atoms with Gasteiger partial charge in [-0.1, -0.05) is 0 Å². The maximum atomic E-state index is 9.34. The van der Waals surface area contributed by atoms with Crippen LogP contribution in [-0.2, 0) is 0 Å². The smallest absolute Gasteiger partial charge is 0.206 e. The zero-order valence-electron chi connectivity index (χ0n) is 7.75. The van der Waals surface area contributed by atoms with Gasteiger partial charge in [-0.2, -0.15) is 0 Å². The van der Waals surface area contributed by atoms with Crippen LogP contribution in [0, 0.1) is 0 Å². The van der Waals surface area contributed by atoms with Crippen molar-refractivity contribution in [2.75, 3.05) is 5.73 Å². The summed E-state index contributed by atoms with van der Waals surface area (Å²) in [6, 6.07) is 5.04. The van der Waals surface area contributed by atoms with E-state index < -0.39 is 0 Å². The zero-order chi connectivity index (χ0) is 10.4.